The van der Waals surface area contributed by atoms with Gasteiger partial charge in [0.25, 0.3) is 0 Å². The number of likely N-dealkylation sites (N-methyl/N-ethyl adjacent to an activating group) is 1. The maximum atomic E-state index is 5.70. The maximum Gasteiger partial charge on any atom is 0.200 e. The van der Waals surface area contributed by atoms with Crippen molar-refractivity contribution in [3.05, 3.63) is 66.4 Å². The number of rotatable bonds is 6. The van der Waals surface area contributed by atoms with Gasteiger partial charge in [0.15, 0.2) is 5.96 Å². The first-order valence-electron chi connectivity index (χ1n) is 8.41. The fourth-order valence-corrected chi connectivity index (χ4v) is 2.43. The van der Waals surface area contributed by atoms with Crippen LogP contribution in [0.2, 0.25) is 0 Å². The molecule has 5 nitrogen and oxygen atoms in total. The lowest BCUT2D eigenvalue weighted by molar-refractivity contribution is 0.261. The molecule has 0 radical (unpaired) electrons. The molecule has 2 N–H and O–H groups in total. The minimum atomic E-state index is 0.658. The Balaban J connectivity index is 1.51. The number of anilines is 1. The van der Waals surface area contributed by atoms with Gasteiger partial charge in [-0.05, 0) is 49.5 Å². The molecule has 1 aliphatic rings. The number of aliphatic imine (C=N–C) groups is 1. The Bertz CT molecular complexity index is 736. The zero-order valence-corrected chi connectivity index (χ0v) is 14.7. The van der Waals surface area contributed by atoms with Crippen molar-refractivity contribution in [2.45, 2.75) is 0 Å². The van der Waals surface area contributed by atoms with Gasteiger partial charge >= 0.3 is 0 Å². The highest BCUT2D eigenvalue weighted by Crippen LogP contribution is 2.18. The summed E-state index contributed by atoms with van der Waals surface area (Å²) in [6.07, 6.45) is 2.00. The number of hydrogen-bond donors (Lipinski definition) is 2. The number of nitrogens with one attached hydrogen (secondary N) is 2. The van der Waals surface area contributed by atoms with Crippen LogP contribution in [-0.4, -0.2) is 44.7 Å². The van der Waals surface area contributed by atoms with E-state index in [1.807, 2.05) is 62.8 Å². The predicted octanol–water partition coefficient (Wildman–Crippen LogP) is 3.04. The first-order chi connectivity index (χ1) is 12.2. The van der Waals surface area contributed by atoms with E-state index in [0.29, 0.717) is 13.2 Å². The monoisotopic (exact) mass is 336 g/mol. The molecular weight excluding hydrogens is 312 g/mol. The Hall–Kier alpha value is -2.79. The fourth-order valence-electron chi connectivity index (χ4n) is 2.43. The molecule has 0 aliphatic carbocycles. The van der Waals surface area contributed by atoms with E-state index in [2.05, 4.69) is 32.7 Å². The molecule has 25 heavy (non-hydrogen) atoms. The second-order valence-electron chi connectivity index (χ2n) is 6.15. The van der Waals surface area contributed by atoms with E-state index in [1.165, 1.54) is 11.1 Å². The Morgan fingerprint density at radius 3 is 2.48 bits per heavy atom. The summed E-state index contributed by atoms with van der Waals surface area (Å²) in [5.41, 5.74) is 3.34. The summed E-state index contributed by atoms with van der Waals surface area (Å²) >= 11 is 0. The molecule has 3 rings (SSSR count). The standard InChI is InChI=1S/C20H24N4O/c1-24(2)12-13-25-19-10-8-18(9-11-19)23-20-21-14-17(15-22-20)16-6-4-3-5-7-16/h3-11,14H,12-13,15H2,1-2H3,(H2,21,22,23). The van der Waals surface area contributed by atoms with Crippen LogP contribution in [0.25, 0.3) is 5.57 Å². The van der Waals surface area contributed by atoms with Gasteiger partial charge in [0.2, 0.25) is 0 Å². The van der Waals surface area contributed by atoms with Gasteiger partial charge in [-0.3, -0.25) is 0 Å². The summed E-state index contributed by atoms with van der Waals surface area (Å²) in [6.45, 7) is 2.24. The van der Waals surface area contributed by atoms with Crippen LogP contribution in [0.5, 0.6) is 5.75 Å². The summed E-state index contributed by atoms with van der Waals surface area (Å²) in [7, 11) is 4.07. The first-order valence-corrected chi connectivity index (χ1v) is 8.41. The highest BCUT2D eigenvalue weighted by molar-refractivity contribution is 5.96. The summed E-state index contributed by atoms with van der Waals surface area (Å²) in [5.74, 6) is 1.62. The van der Waals surface area contributed by atoms with E-state index in [9.17, 15) is 0 Å². The Morgan fingerprint density at radius 2 is 1.84 bits per heavy atom. The fraction of sp³-hybridized carbons (Fsp3) is 0.250. The van der Waals surface area contributed by atoms with E-state index in [4.69, 9.17) is 4.74 Å². The highest BCUT2D eigenvalue weighted by Gasteiger charge is 2.08. The van der Waals surface area contributed by atoms with Crippen LogP contribution in [0.1, 0.15) is 5.56 Å². The van der Waals surface area contributed by atoms with Crippen molar-refractivity contribution in [1.29, 1.82) is 0 Å². The molecule has 0 fully saturated rings. The van der Waals surface area contributed by atoms with Crippen molar-refractivity contribution in [1.82, 2.24) is 10.2 Å². The molecule has 0 amide bonds. The lowest BCUT2D eigenvalue weighted by atomic mass is 10.1. The number of guanidine groups is 1. The van der Waals surface area contributed by atoms with E-state index >= 15 is 0 Å². The first kappa shape index (κ1) is 17.0. The Kier molecular flexibility index (Phi) is 5.69. The molecule has 1 heterocycles. The molecule has 5 heteroatoms. The molecule has 0 aromatic heterocycles. The molecule has 0 atom stereocenters. The van der Waals surface area contributed by atoms with Crippen LogP contribution in [0.15, 0.2) is 65.8 Å². The van der Waals surface area contributed by atoms with E-state index in [0.717, 1.165) is 23.9 Å². The third kappa shape index (κ3) is 5.09. The van der Waals surface area contributed by atoms with E-state index in [-0.39, 0.29) is 0 Å². The lowest BCUT2D eigenvalue weighted by Gasteiger charge is -2.17. The van der Waals surface area contributed by atoms with Gasteiger partial charge in [0.05, 0.1) is 6.54 Å². The Morgan fingerprint density at radius 1 is 1.08 bits per heavy atom. The molecule has 2 aromatic rings. The van der Waals surface area contributed by atoms with Crippen LogP contribution < -0.4 is 15.4 Å². The van der Waals surface area contributed by atoms with Crippen molar-refractivity contribution in [2.24, 2.45) is 4.99 Å². The largest absolute Gasteiger partial charge is 0.492 e. The van der Waals surface area contributed by atoms with Crippen LogP contribution in [0, 0.1) is 0 Å². The van der Waals surface area contributed by atoms with Gasteiger partial charge in [0, 0.05) is 18.4 Å². The van der Waals surface area contributed by atoms with Crippen molar-refractivity contribution in [3.63, 3.8) is 0 Å². The maximum absolute atomic E-state index is 5.70. The summed E-state index contributed by atoms with van der Waals surface area (Å²) in [5, 5.41) is 6.50. The van der Waals surface area contributed by atoms with Crippen LogP contribution in [0.3, 0.4) is 0 Å². The van der Waals surface area contributed by atoms with Crippen molar-refractivity contribution in [3.8, 4) is 5.75 Å². The second-order valence-corrected chi connectivity index (χ2v) is 6.15. The van der Waals surface area contributed by atoms with E-state index in [1.54, 1.807) is 0 Å². The molecule has 0 unspecified atom stereocenters. The molecular formula is C20H24N4O. The van der Waals surface area contributed by atoms with Crippen molar-refractivity contribution in [2.75, 3.05) is 39.1 Å². The van der Waals surface area contributed by atoms with Gasteiger partial charge in [0.1, 0.15) is 12.4 Å². The highest BCUT2D eigenvalue weighted by atomic mass is 16.5. The molecule has 130 valence electrons. The topological polar surface area (TPSA) is 48.9 Å². The molecule has 0 spiro atoms. The number of nitrogens with zero attached hydrogens (tertiary/aromatic N) is 2. The van der Waals surface area contributed by atoms with Gasteiger partial charge in [-0.1, -0.05) is 30.3 Å². The third-order valence-electron chi connectivity index (χ3n) is 3.86. The average molecular weight is 336 g/mol. The van der Waals surface area contributed by atoms with Gasteiger partial charge in [-0.15, -0.1) is 0 Å². The van der Waals surface area contributed by atoms with E-state index < -0.39 is 0 Å². The lowest BCUT2D eigenvalue weighted by Crippen LogP contribution is -2.29. The van der Waals surface area contributed by atoms with Gasteiger partial charge in [-0.2, -0.15) is 0 Å². The minimum absolute atomic E-state index is 0.658. The number of benzene rings is 2. The average Bonchev–Trinajstić information content (AvgIpc) is 2.64. The van der Waals surface area contributed by atoms with Gasteiger partial charge < -0.3 is 20.3 Å². The smallest absolute Gasteiger partial charge is 0.200 e. The summed E-state index contributed by atoms with van der Waals surface area (Å²) in [4.78, 5) is 6.66. The number of ether oxygens (including phenoxy) is 1. The normalized spacial score (nSPS) is 13.7. The zero-order valence-electron chi connectivity index (χ0n) is 14.7. The molecule has 1 aliphatic heterocycles. The van der Waals surface area contributed by atoms with Crippen molar-refractivity contribution < 1.29 is 4.74 Å². The van der Waals surface area contributed by atoms with Crippen LogP contribution in [0.4, 0.5) is 5.69 Å². The zero-order chi connectivity index (χ0) is 17.5. The second kappa shape index (κ2) is 8.35. The summed E-state index contributed by atoms with van der Waals surface area (Å²) in [6, 6.07) is 18.2. The minimum Gasteiger partial charge on any atom is -0.492 e. The quantitative estimate of drug-likeness (QED) is 0.851. The molecule has 0 saturated carbocycles. The Labute approximate surface area is 149 Å². The van der Waals surface area contributed by atoms with Crippen LogP contribution >= 0.6 is 0 Å². The van der Waals surface area contributed by atoms with Crippen LogP contribution in [-0.2, 0) is 0 Å². The SMILES string of the molecule is CN(C)CCOc1ccc(NC2=NCC(c3ccccc3)=CN2)cc1. The summed E-state index contributed by atoms with van der Waals surface area (Å²) < 4.78 is 5.70. The molecule has 0 bridgehead atoms. The third-order valence-corrected chi connectivity index (χ3v) is 3.86. The number of hydrogen-bond acceptors (Lipinski definition) is 5. The molecule has 0 saturated heterocycles. The predicted molar refractivity (Wildman–Crippen MR) is 104 cm³/mol. The van der Waals surface area contributed by atoms with Gasteiger partial charge in [-0.25, -0.2) is 4.99 Å². The molecule has 2 aromatic carbocycles. The van der Waals surface area contributed by atoms with Crippen molar-refractivity contribution >= 4 is 17.2 Å².